The van der Waals surface area contributed by atoms with E-state index >= 15 is 0 Å². The van der Waals surface area contributed by atoms with Crippen molar-refractivity contribution < 1.29 is 5.11 Å². The van der Waals surface area contributed by atoms with Crippen LogP contribution in [0.2, 0.25) is 0 Å². The number of aliphatic hydroxyl groups is 1. The van der Waals surface area contributed by atoms with Gasteiger partial charge in [0, 0.05) is 0 Å². The second-order valence-electron chi connectivity index (χ2n) is 5.14. The Morgan fingerprint density at radius 3 is 2.33 bits per heavy atom. The monoisotopic (exact) mass is 210 g/mol. The molecule has 1 rings (SSSR count). The summed E-state index contributed by atoms with van der Waals surface area (Å²) in [5.41, 5.74) is 1.33. The van der Waals surface area contributed by atoms with Gasteiger partial charge in [0.05, 0.1) is 6.10 Å². The van der Waals surface area contributed by atoms with Gasteiger partial charge in [0.1, 0.15) is 0 Å². The van der Waals surface area contributed by atoms with Crippen molar-refractivity contribution in [3.8, 4) is 0 Å². The molecular formula is C14H26O. The maximum absolute atomic E-state index is 10.2. The zero-order valence-electron chi connectivity index (χ0n) is 10.5. The molecule has 1 fully saturated rings. The molecule has 0 saturated heterocycles. The summed E-state index contributed by atoms with van der Waals surface area (Å²) in [7, 11) is 0. The van der Waals surface area contributed by atoms with Gasteiger partial charge in [0.25, 0.3) is 0 Å². The summed E-state index contributed by atoms with van der Waals surface area (Å²) in [5, 5.41) is 10.2. The molecule has 0 spiro atoms. The van der Waals surface area contributed by atoms with E-state index in [-0.39, 0.29) is 6.10 Å². The van der Waals surface area contributed by atoms with Gasteiger partial charge in [-0.15, -0.1) is 0 Å². The van der Waals surface area contributed by atoms with E-state index in [0.29, 0.717) is 11.8 Å². The van der Waals surface area contributed by atoms with Crippen LogP contribution in [0.1, 0.15) is 59.3 Å². The summed E-state index contributed by atoms with van der Waals surface area (Å²) >= 11 is 0. The van der Waals surface area contributed by atoms with E-state index in [1.165, 1.54) is 37.7 Å². The van der Waals surface area contributed by atoms with Crippen LogP contribution in [0.3, 0.4) is 0 Å². The van der Waals surface area contributed by atoms with Gasteiger partial charge in [0.15, 0.2) is 0 Å². The first kappa shape index (κ1) is 12.8. The van der Waals surface area contributed by atoms with E-state index in [1.54, 1.807) is 0 Å². The van der Waals surface area contributed by atoms with E-state index in [9.17, 15) is 5.11 Å². The van der Waals surface area contributed by atoms with Crippen LogP contribution < -0.4 is 0 Å². The van der Waals surface area contributed by atoms with Crippen molar-refractivity contribution in [2.75, 3.05) is 0 Å². The molecule has 0 amide bonds. The first-order valence-corrected chi connectivity index (χ1v) is 6.54. The largest absolute Gasteiger partial charge is 0.388 e. The summed E-state index contributed by atoms with van der Waals surface area (Å²) in [6.45, 7) is 6.38. The van der Waals surface area contributed by atoms with E-state index < -0.39 is 0 Å². The lowest BCUT2D eigenvalue weighted by molar-refractivity contribution is 0.142. The Hall–Kier alpha value is -0.300. The highest BCUT2D eigenvalue weighted by molar-refractivity contribution is 5.13. The molecule has 15 heavy (non-hydrogen) atoms. The third-order valence-electron chi connectivity index (χ3n) is 3.49. The Kier molecular flexibility index (Phi) is 5.38. The zero-order chi connectivity index (χ0) is 11.3. The van der Waals surface area contributed by atoms with Crippen LogP contribution in [-0.2, 0) is 0 Å². The minimum absolute atomic E-state index is 0.215. The fraction of sp³-hybridized carbons (Fsp3) is 0.857. The van der Waals surface area contributed by atoms with Crippen LogP contribution in [0.4, 0.5) is 0 Å². The third-order valence-corrected chi connectivity index (χ3v) is 3.49. The Morgan fingerprint density at radius 1 is 1.27 bits per heavy atom. The Morgan fingerprint density at radius 2 is 1.87 bits per heavy atom. The topological polar surface area (TPSA) is 20.2 Å². The van der Waals surface area contributed by atoms with Crippen molar-refractivity contribution in [2.45, 2.75) is 65.4 Å². The van der Waals surface area contributed by atoms with Gasteiger partial charge in [-0.1, -0.05) is 46.1 Å². The second-order valence-corrected chi connectivity index (χ2v) is 5.14. The van der Waals surface area contributed by atoms with Gasteiger partial charge in [-0.25, -0.2) is 0 Å². The van der Waals surface area contributed by atoms with Gasteiger partial charge in [0.2, 0.25) is 0 Å². The van der Waals surface area contributed by atoms with Crippen LogP contribution >= 0.6 is 0 Å². The van der Waals surface area contributed by atoms with Gasteiger partial charge in [-0.2, -0.15) is 0 Å². The highest BCUT2D eigenvalue weighted by atomic mass is 16.3. The molecule has 0 aliphatic heterocycles. The number of rotatable bonds is 4. The molecule has 1 aliphatic carbocycles. The van der Waals surface area contributed by atoms with Crippen molar-refractivity contribution in [3.05, 3.63) is 11.6 Å². The molecule has 1 heteroatoms. The van der Waals surface area contributed by atoms with E-state index in [1.807, 2.05) is 0 Å². The first-order valence-electron chi connectivity index (χ1n) is 6.54. The standard InChI is InChI=1S/C14H26O/c1-4-8-13(14(15)11(2)3)12-9-6-5-7-10-12/h8,11-12,14-15H,4-7,9-10H2,1-3H3/b13-8-. The van der Waals surface area contributed by atoms with Crippen LogP contribution in [0, 0.1) is 11.8 Å². The summed E-state index contributed by atoms with van der Waals surface area (Å²) in [6.07, 6.45) is 9.75. The van der Waals surface area contributed by atoms with E-state index in [2.05, 4.69) is 26.8 Å². The Bertz CT molecular complexity index is 199. The molecule has 1 nitrogen and oxygen atoms in total. The smallest absolute Gasteiger partial charge is 0.0775 e. The number of hydrogen-bond acceptors (Lipinski definition) is 1. The number of hydrogen-bond donors (Lipinski definition) is 1. The Labute approximate surface area is 94.6 Å². The molecule has 0 aromatic heterocycles. The van der Waals surface area contributed by atoms with Gasteiger partial charge < -0.3 is 5.11 Å². The van der Waals surface area contributed by atoms with Crippen molar-refractivity contribution in [1.29, 1.82) is 0 Å². The fourth-order valence-corrected chi connectivity index (χ4v) is 2.59. The third kappa shape index (κ3) is 3.64. The molecule has 0 radical (unpaired) electrons. The lowest BCUT2D eigenvalue weighted by atomic mass is 9.79. The second kappa shape index (κ2) is 6.32. The van der Waals surface area contributed by atoms with Crippen molar-refractivity contribution in [3.63, 3.8) is 0 Å². The molecule has 1 unspecified atom stereocenters. The summed E-state index contributed by atoms with van der Waals surface area (Å²) in [4.78, 5) is 0. The average molecular weight is 210 g/mol. The molecule has 1 atom stereocenters. The van der Waals surface area contributed by atoms with Gasteiger partial charge >= 0.3 is 0 Å². The minimum atomic E-state index is -0.215. The van der Waals surface area contributed by atoms with E-state index in [4.69, 9.17) is 0 Å². The van der Waals surface area contributed by atoms with Crippen molar-refractivity contribution >= 4 is 0 Å². The van der Waals surface area contributed by atoms with Crippen molar-refractivity contribution in [2.24, 2.45) is 11.8 Å². The van der Waals surface area contributed by atoms with Gasteiger partial charge in [-0.05, 0) is 36.7 Å². The minimum Gasteiger partial charge on any atom is -0.388 e. The SMILES string of the molecule is CC/C=C(/C1CCCCC1)C(O)C(C)C. The van der Waals surface area contributed by atoms with Crippen LogP contribution in [-0.4, -0.2) is 11.2 Å². The van der Waals surface area contributed by atoms with Crippen LogP contribution in [0.25, 0.3) is 0 Å². The fourth-order valence-electron chi connectivity index (χ4n) is 2.59. The summed E-state index contributed by atoms with van der Waals surface area (Å²) in [5.74, 6) is 1.01. The maximum Gasteiger partial charge on any atom is 0.0775 e. The molecule has 0 heterocycles. The molecule has 88 valence electrons. The predicted octanol–water partition coefficient (Wildman–Crippen LogP) is 3.92. The van der Waals surface area contributed by atoms with Gasteiger partial charge in [-0.3, -0.25) is 0 Å². The quantitative estimate of drug-likeness (QED) is 0.697. The normalized spacial score (nSPS) is 22.1. The molecule has 1 N–H and O–H groups in total. The molecule has 1 aliphatic rings. The molecule has 0 aromatic rings. The predicted molar refractivity (Wildman–Crippen MR) is 65.8 cm³/mol. The molecule has 0 aromatic carbocycles. The molecule has 1 saturated carbocycles. The number of allylic oxidation sites excluding steroid dienone is 1. The van der Waals surface area contributed by atoms with Crippen LogP contribution in [0.5, 0.6) is 0 Å². The summed E-state index contributed by atoms with van der Waals surface area (Å²) in [6, 6.07) is 0. The molecular weight excluding hydrogens is 184 g/mol. The molecule has 0 bridgehead atoms. The zero-order valence-corrected chi connectivity index (χ0v) is 10.5. The maximum atomic E-state index is 10.2. The Balaban J connectivity index is 2.68. The highest BCUT2D eigenvalue weighted by Crippen LogP contribution is 2.33. The number of aliphatic hydroxyl groups excluding tert-OH is 1. The lowest BCUT2D eigenvalue weighted by Gasteiger charge is -2.29. The average Bonchev–Trinajstić information content (AvgIpc) is 2.26. The lowest BCUT2D eigenvalue weighted by Crippen LogP contribution is -2.24. The van der Waals surface area contributed by atoms with E-state index in [0.717, 1.165) is 6.42 Å². The van der Waals surface area contributed by atoms with Crippen LogP contribution in [0.15, 0.2) is 11.6 Å². The van der Waals surface area contributed by atoms with Crippen molar-refractivity contribution in [1.82, 2.24) is 0 Å². The highest BCUT2D eigenvalue weighted by Gasteiger charge is 2.24. The summed E-state index contributed by atoms with van der Waals surface area (Å²) < 4.78 is 0. The first-order chi connectivity index (χ1) is 7.16.